The van der Waals surface area contributed by atoms with Crippen LogP contribution in [0.15, 0.2) is 36.8 Å². The molecule has 0 spiro atoms. The standard InChI is InChI=1S/C24H36N6O/c1-19-14-27(15-20(2)29(19)17-21-5-10-31-11-6-21)16-22-4-9-30-23(12-22)24(13-26-30)28-8-3-7-25-18-28/h3-4,8-9,12-13,19-21,25H,5-7,10-11,14-18H2,1-2H3/t19-,20+. The van der Waals surface area contributed by atoms with Crippen LogP contribution in [0.4, 0.5) is 5.69 Å². The molecule has 0 aliphatic carbocycles. The minimum atomic E-state index is 0.588. The van der Waals surface area contributed by atoms with E-state index >= 15 is 0 Å². The second-order valence-electron chi connectivity index (χ2n) is 9.51. The highest BCUT2D eigenvalue weighted by Gasteiger charge is 2.31. The van der Waals surface area contributed by atoms with E-state index in [9.17, 15) is 0 Å². The molecule has 2 saturated heterocycles. The van der Waals surface area contributed by atoms with Crippen molar-refractivity contribution < 1.29 is 4.74 Å². The first kappa shape index (κ1) is 20.9. The number of pyridine rings is 1. The molecule has 5 heterocycles. The monoisotopic (exact) mass is 424 g/mol. The van der Waals surface area contributed by atoms with E-state index in [-0.39, 0.29) is 0 Å². The molecule has 31 heavy (non-hydrogen) atoms. The zero-order valence-corrected chi connectivity index (χ0v) is 18.9. The van der Waals surface area contributed by atoms with Gasteiger partial charge in [-0.15, -0.1) is 0 Å². The Balaban J connectivity index is 1.25. The fourth-order valence-electron chi connectivity index (χ4n) is 5.44. The van der Waals surface area contributed by atoms with Crippen LogP contribution in [0.2, 0.25) is 0 Å². The maximum absolute atomic E-state index is 5.55. The van der Waals surface area contributed by atoms with E-state index in [0.29, 0.717) is 12.1 Å². The third kappa shape index (κ3) is 4.65. The summed E-state index contributed by atoms with van der Waals surface area (Å²) in [5.41, 5.74) is 3.69. The van der Waals surface area contributed by atoms with Gasteiger partial charge in [-0.1, -0.05) is 6.08 Å². The highest BCUT2D eigenvalue weighted by molar-refractivity contribution is 5.74. The lowest BCUT2D eigenvalue weighted by molar-refractivity contribution is -0.000538. The van der Waals surface area contributed by atoms with Crippen LogP contribution in [-0.4, -0.2) is 77.6 Å². The Labute approximate surface area is 185 Å². The quantitative estimate of drug-likeness (QED) is 0.796. The molecule has 168 valence electrons. The van der Waals surface area contributed by atoms with Crippen LogP contribution in [-0.2, 0) is 11.3 Å². The first-order valence-electron chi connectivity index (χ1n) is 11.8. The van der Waals surface area contributed by atoms with Crippen molar-refractivity contribution in [1.82, 2.24) is 24.7 Å². The van der Waals surface area contributed by atoms with Crippen molar-refractivity contribution in [1.29, 1.82) is 0 Å². The third-order valence-corrected chi connectivity index (χ3v) is 7.10. The summed E-state index contributed by atoms with van der Waals surface area (Å²) in [4.78, 5) is 7.59. The second kappa shape index (κ2) is 9.28. The second-order valence-corrected chi connectivity index (χ2v) is 9.51. The van der Waals surface area contributed by atoms with Gasteiger partial charge in [0, 0.05) is 70.4 Å². The molecular weight excluding hydrogens is 388 g/mol. The number of hydrogen-bond acceptors (Lipinski definition) is 6. The summed E-state index contributed by atoms with van der Waals surface area (Å²) in [6.45, 7) is 12.9. The number of piperazine rings is 1. The van der Waals surface area contributed by atoms with E-state index in [1.54, 1.807) is 0 Å². The van der Waals surface area contributed by atoms with E-state index in [2.05, 4.69) is 69.6 Å². The fraction of sp³-hybridized carbons (Fsp3) is 0.625. The molecule has 2 aromatic rings. The zero-order chi connectivity index (χ0) is 21.2. The van der Waals surface area contributed by atoms with Gasteiger partial charge >= 0.3 is 0 Å². The van der Waals surface area contributed by atoms with Gasteiger partial charge in [-0.3, -0.25) is 15.1 Å². The lowest BCUT2D eigenvalue weighted by Gasteiger charge is -2.46. The van der Waals surface area contributed by atoms with Crippen molar-refractivity contribution in [3.8, 4) is 0 Å². The van der Waals surface area contributed by atoms with Gasteiger partial charge in [0.2, 0.25) is 0 Å². The molecule has 3 aliphatic rings. The lowest BCUT2D eigenvalue weighted by Crippen LogP contribution is -2.57. The van der Waals surface area contributed by atoms with Crippen LogP contribution in [0.25, 0.3) is 5.52 Å². The lowest BCUT2D eigenvalue weighted by atomic mass is 9.96. The molecule has 1 N–H and O–H groups in total. The summed E-state index contributed by atoms with van der Waals surface area (Å²) in [6.07, 6.45) is 10.8. The topological polar surface area (TPSA) is 48.3 Å². The molecule has 0 saturated carbocycles. The van der Waals surface area contributed by atoms with Crippen molar-refractivity contribution in [2.45, 2.75) is 45.3 Å². The Hall–Kier alpha value is -1.93. The average molecular weight is 425 g/mol. The SMILES string of the molecule is C[C@@H]1CN(Cc2ccn3ncc(N4C=CCNC4)c3c2)C[C@H](C)N1CC1CCOCC1. The first-order valence-corrected chi connectivity index (χ1v) is 11.8. The van der Waals surface area contributed by atoms with Crippen LogP contribution in [0.1, 0.15) is 32.3 Å². The van der Waals surface area contributed by atoms with Crippen LogP contribution >= 0.6 is 0 Å². The summed E-state index contributed by atoms with van der Waals surface area (Å²) in [7, 11) is 0. The Morgan fingerprint density at radius 1 is 1.16 bits per heavy atom. The fourth-order valence-corrected chi connectivity index (χ4v) is 5.44. The van der Waals surface area contributed by atoms with Gasteiger partial charge < -0.3 is 9.64 Å². The molecule has 3 aliphatic heterocycles. The number of ether oxygens (including phenoxy) is 1. The number of anilines is 1. The van der Waals surface area contributed by atoms with Crippen molar-refractivity contribution in [2.75, 3.05) is 51.0 Å². The van der Waals surface area contributed by atoms with Gasteiger partial charge in [0.1, 0.15) is 0 Å². The number of hydrogen-bond donors (Lipinski definition) is 1. The highest BCUT2D eigenvalue weighted by Crippen LogP contribution is 2.26. The molecule has 0 bridgehead atoms. The van der Waals surface area contributed by atoms with Crippen molar-refractivity contribution in [2.24, 2.45) is 5.92 Å². The minimum Gasteiger partial charge on any atom is -0.381 e. The summed E-state index contributed by atoms with van der Waals surface area (Å²) >= 11 is 0. The molecule has 2 atom stereocenters. The molecule has 2 fully saturated rings. The number of aromatic nitrogens is 2. The average Bonchev–Trinajstić information content (AvgIpc) is 3.21. The van der Waals surface area contributed by atoms with E-state index in [1.165, 1.54) is 30.5 Å². The maximum atomic E-state index is 5.55. The van der Waals surface area contributed by atoms with E-state index in [0.717, 1.165) is 57.7 Å². The van der Waals surface area contributed by atoms with Gasteiger partial charge in [-0.2, -0.15) is 5.10 Å². The molecule has 0 unspecified atom stereocenters. The minimum absolute atomic E-state index is 0.588. The first-order chi connectivity index (χ1) is 15.2. The number of nitrogens with zero attached hydrogens (tertiary/aromatic N) is 5. The normalized spacial score (nSPS) is 26.7. The van der Waals surface area contributed by atoms with Gasteiger partial charge in [0.25, 0.3) is 0 Å². The van der Waals surface area contributed by atoms with Crippen LogP contribution in [0, 0.1) is 5.92 Å². The van der Waals surface area contributed by atoms with Gasteiger partial charge in [0.05, 0.1) is 24.1 Å². The largest absolute Gasteiger partial charge is 0.381 e. The summed E-state index contributed by atoms with van der Waals surface area (Å²) < 4.78 is 7.54. The summed E-state index contributed by atoms with van der Waals surface area (Å²) in [6, 6.07) is 5.71. The predicted molar refractivity (Wildman–Crippen MR) is 124 cm³/mol. The smallest absolute Gasteiger partial charge is 0.0902 e. The molecule has 0 amide bonds. The van der Waals surface area contributed by atoms with E-state index in [1.807, 2.05) is 10.7 Å². The Kier molecular flexibility index (Phi) is 6.27. The van der Waals surface area contributed by atoms with E-state index < -0.39 is 0 Å². The van der Waals surface area contributed by atoms with Crippen LogP contribution in [0.3, 0.4) is 0 Å². The van der Waals surface area contributed by atoms with Gasteiger partial charge in [-0.05, 0) is 50.3 Å². The molecule has 2 aromatic heterocycles. The predicted octanol–water partition coefficient (Wildman–Crippen LogP) is 2.54. The molecule has 7 heteroatoms. The zero-order valence-electron chi connectivity index (χ0n) is 18.9. The molecule has 0 radical (unpaired) electrons. The van der Waals surface area contributed by atoms with Crippen molar-refractivity contribution in [3.05, 3.63) is 42.4 Å². The molecule has 7 nitrogen and oxygen atoms in total. The van der Waals surface area contributed by atoms with E-state index in [4.69, 9.17) is 4.74 Å². The van der Waals surface area contributed by atoms with Gasteiger partial charge in [-0.25, -0.2) is 4.52 Å². The maximum Gasteiger partial charge on any atom is 0.0902 e. The highest BCUT2D eigenvalue weighted by atomic mass is 16.5. The molecule has 5 rings (SSSR count). The van der Waals surface area contributed by atoms with Crippen molar-refractivity contribution >= 4 is 11.2 Å². The number of fused-ring (bicyclic) bond motifs is 1. The molecular formula is C24H36N6O. The summed E-state index contributed by atoms with van der Waals surface area (Å²) in [5.74, 6) is 0.797. The molecule has 0 aromatic carbocycles. The van der Waals surface area contributed by atoms with Crippen LogP contribution in [0.5, 0.6) is 0 Å². The summed E-state index contributed by atoms with van der Waals surface area (Å²) in [5, 5.41) is 7.95. The Morgan fingerprint density at radius 2 is 1.97 bits per heavy atom. The van der Waals surface area contributed by atoms with Gasteiger partial charge in [0.15, 0.2) is 0 Å². The third-order valence-electron chi connectivity index (χ3n) is 7.10. The number of rotatable bonds is 5. The van der Waals surface area contributed by atoms with Crippen molar-refractivity contribution in [3.63, 3.8) is 0 Å². The number of nitrogens with one attached hydrogen (secondary N) is 1. The van der Waals surface area contributed by atoms with Crippen LogP contribution < -0.4 is 10.2 Å². The Bertz CT molecular complexity index is 893. The Morgan fingerprint density at radius 3 is 2.71 bits per heavy atom.